The van der Waals surface area contributed by atoms with E-state index in [-0.39, 0.29) is 24.0 Å². The van der Waals surface area contributed by atoms with Gasteiger partial charge in [0.05, 0.1) is 39.6 Å². The summed E-state index contributed by atoms with van der Waals surface area (Å²) in [6.45, 7) is 6.78. The molecule has 0 bridgehead atoms. The quantitative estimate of drug-likeness (QED) is 0.650. The molecule has 0 atom stereocenters. The Balaban J connectivity index is 1.51. The van der Waals surface area contributed by atoms with Crippen molar-refractivity contribution in [2.75, 3.05) is 39.6 Å². The van der Waals surface area contributed by atoms with Crippen LogP contribution in [0.1, 0.15) is 78.1 Å². The van der Waals surface area contributed by atoms with Crippen LogP contribution in [0.4, 0.5) is 0 Å². The first-order valence-corrected chi connectivity index (χ1v) is 11.3. The van der Waals surface area contributed by atoms with Crippen molar-refractivity contribution in [3.8, 4) is 0 Å². The fourth-order valence-electron chi connectivity index (χ4n) is 4.63. The average Bonchev–Trinajstić information content (AvgIpc) is 2.76. The predicted octanol–water partition coefficient (Wildman–Crippen LogP) is 3.38. The highest BCUT2D eigenvalue weighted by Gasteiger charge is 2.53. The zero-order valence-corrected chi connectivity index (χ0v) is 17.8. The van der Waals surface area contributed by atoms with E-state index >= 15 is 0 Å². The van der Waals surface area contributed by atoms with Crippen LogP contribution in [-0.4, -0.2) is 61.4 Å². The summed E-state index contributed by atoms with van der Waals surface area (Å²) in [7, 11) is 0. The first-order chi connectivity index (χ1) is 13.5. The minimum absolute atomic E-state index is 0.111. The number of aliphatic hydroxyl groups excluding tert-OH is 2. The summed E-state index contributed by atoms with van der Waals surface area (Å²) in [5, 5.41) is 19.7. The molecule has 2 heterocycles. The van der Waals surface area contributed by atoms with Crippen molar-refractivity contribution in [2.24, 2.45) is 10.8 Å². The highest BCUT2D eigenvalue weighted by atomic mass is 16.7. The first-order valence-electron chi connectivity index (χ1n) is 11.3. The molecule has 1 aliphatic carbocycles. The van der Waals surface area contributed by atoms with Gasteiger partial charge in [0.2, 0.25) is 0 Å². The van der Waals surface area contributed by atoms with E-state index in [0.717, 1.165) is 64.2 Å². The van der Waals surface area contributed by atoms with Crippen molar-refractivity contribution in [3.63, 3.8) is 0 Å². The average molecular weight is 401 g/mol. The summed E-state index contributed by atoms with van der Waals surface area (Å²) in [6.07, 6.45) is 9.21. The van der Waals surface area contributed by atoms with Crippen LogP contribution in [0.15, 0.2) is 0 Å². The SMILES string of the molecule is CCCCC1(CO)COC2(CCC3(CC2)OCC(CO)(CCCC)CO3)OC1. The molecule has 3 fully saturated rings. The molecule has 0 aromatic heterocycles. The number of unbranched alkanes of at least 4 members (excludes halogenated alkanes) is 2. The van der Waals surface area contributed by atoms with Crippen LogP contribution < -0.4 is 0 Å². The molecule has 1 saturated carbocycles. The number of hydrogen-bond donors (Lipinski definition) is 2. The normalized spacial score (nSPS) is 41.6. The number of aliphatic hydroxyl groups is 2. The smallest absolute Gasteiger partial charge is 0.168 e. The molecule has 0 aromatic carbocycles. The van der Waals surface area contributed by atoms with Crippen LogP contribution in [-0.2, 0) is 18.9 Å². The summed E-state index contributed by atoms with van der Waals surface area (Å²) in [5.41, 5.74) is -0.511. The summed E-state index contributed by atoms with van der Waals surface area (Å²) < 4.78 is 24.9. The predicted molar refractivity (Wildman–Crippen MR) is 106 cm³/mol. The third-order valence-corrected chi connectivity index (χ3v) is 7.13. The molecule has 2 spiro atoms. The summed E-state index contributed by atoms with van der Waals surface area (Å²) in [6, 6.07) is 0. The Morgan fingerprint density at radius 1 is 0.607 bits per heavy atom. The Bertz CT molecular complexity index is 421. The molecule has 6 heteroatoms. The molecule has 0 radical (unpaired) electrons. The highest BCUT2D eigenvalue weighted by Crippen LogP contribution is 2.48. The summed E-state index contributed by atoms with van der Waals surface area (Å²) in [4.78, 5) is 0. The third-order valence-electron chi connectivity index (χ3n) is 7.13. The minimum Gasteiger partial charge on any atom is -0.396 e. The molecule has 0 unspecified atom stereocenters. The highest BCUT2D eigenvalue weighted by molar-refractivity contribution is 4.94. The molecule has 0 amide bonds. The number of hydrogen-bond acceptors (Lipinski definition) is 6. The van der Waals surface area contributed by atoms with Crippen molar-refractivity contribution in [1.82, 2.24) is 0 Å². The van der Waals surface area contributed by atoms with E-state index in [4.69, 9.17) is 18.9 Å². The molecule has 0 aromatic rings. The lowest BCUT2D eigenvalue weighted by Crippen LogP contribution is -2.58. The van der Waals surface area contributed by atoms with Crippen LogP contribution in [0, 0.1) is 10.8 Å². The molecule has 2 N–H and O–H groups in total. The molecule has 164 valence electrons. The van der Waals surface area contributed by atoms with Gasteiger partial charge in [0, 0.05) is 36.5 Å². The van der Waals surface area contributed by atoms with E-state index < -0.39 is 11.6 Å². The van der Waals surface area contributed by atoms with E-state index in [1.165, 1.54) is 0 Å². The van der Waals surface area contributed by atoms with Gasteiger partial charge in [0.1, 0.15) is 0 Å². The Labute approximate surface area is 169 Å². The van der Waals surface area contributed by atoms with Gasteiger partial charge in [-0.15, -0.1) is 0 Å². The molecule has 2 saturated heterocycles. The Morgan fingerprint density at radius 3 is 1.18 bits per heavy atom. The zero-order chi connectivity index (χ0) is 20.1. The van der Waals surface area contributed by atoms with E-state index in [0.29, 0.717) is 26.4 Å². The Hall–Kier alpha value is -0.240. The van der Waals surface area contributed by atoms with Gasteiger partial charge in [-0.2, -0.15) is 0 Å². The van der Waals surface area contributed by atoms with Crippen molar-refractivity contribution >= 4 is 0 Å². The zero-order valence-electron chi connectivity index (χ0n) is 17.8. The topological polar surface area (TPSA) is 77.4 Å². The number of ether oxygens (including phenoxy) is 4. The van der Waals surface area contributed by atoms with Gasteiger partial charge >= 0.3 is 0 Å². The van der Waals surface area contributed by atoms with Crippen molar-refractivity contribution in [2.45, 2.75) is 89.6 Å². The first kappa shape index (κ1) is 22.4. The Morgan fingerprint density at radius 2 is 0.929 bits per heavy atom. The van der Waals surface area contributed by atoms with Gasteiger partial charge in [-0.3, -0.25) is 0 Å². The van der Waals surface area contributed by atoms with Gasteiger partial charge in [-0.1, -0.05) is 39.5 Å². The monoisotopic (exact) mass is 400 g/mol. The Kier molecular flexibility index (Phi) is 7.43. The fourth-order valence-corrected chi connectivity index (χ4v) is 4.63. The van der Waals surface area contributed by atoms with Gasteiger partial charge in [0.15, 0.2) is 11.6 Å². The van der Waals surface area contributed by atoms with Crippen LogP contribution in [0.3, 0.4) is 0 Å². The van der Waals surface area contributed by atoms with Crippen LogP contribution in [0.5, 0.6) is 0 Å². The second kappa shape index (κ2) is 9.27. The van der Waals surface area contributed by atoms with Crippen LogP contribution in [0.2, 0.25) is 0 Å². The third kappa shape index (κ3) is 4.73. The maximum absolute atomic E-state index is 9.87. The minimum atomic E-state index is -0.559. The molecular weight excluding hydrogens is 360 g/mol. The van der Waals surface area contributed by atoms with Crippen molar-refractivity contribution in [1.29, 1.82) is 0 Å². The molecule has 3 rings (SSSR count). The maximum atomic E-state index is 9.87. The second-order valence-corrected chi connectivity index (χ2v) is 9.50. The standard InChI is InChI=1S/C22H40O6/c1-3-5-7-19(13-23)15-25-21(26-16-19)9-11-22(12-10-21)27-17-20(14-24,18-28-22)8-6-4-2/h23-24H,3-18H2,1-2H3. The lowest BCUT2D eigenvalue weighted by molar-refractivity contribution is -0.371. The van der Waals surface area contributed by atoms with Crippen molar-refractivity contribution in [3.05, 3.63) is 0 Å². The summed E-state index contributed by atoms with van der Waals surface area (Å²) in [5.74, 6) is -1.12. The molecule has 3 aliphatic rings. The van der Waals surface area contributed by atoms with Crippen LogP contribution >= 0.6 is 0 Å². The molecule has 6 nitrogen and oxygen atoms in total. The largest absolute Gasteiger partial charge is 0.396 e. The fraction of sp³-hybridized carbons (Fsp3) is 1.00. The van der Waals surface area contributed by atoms with Gasteiger partial charge in [-0.25, -0.2) is 0 Å². The lowest BCUT2D eigenvalue weighted by Gasteiger charge is -2.53. The number of rotatable bonds is 8. The van der Waals surface area contributed by atoms with E-state index in [9.17, 15) is 10.2 Å². The van der Waals surface area contributed by atoms with E-state index in [1.807, 2.05) is 0 Å². The second-order valence-electron chi connectivity index (χ2n) is 9.50. The summed E-state index contributed by atoms with van der Waals surface area (Å²) >= 11 is 0. The maximum Gasteiger partial charge on any atom is 0.168 e. The molecular formula is C22H40O6. The van der Waals surface area contributed by atoms with Crippen molar-refractivity contribution < 1.29 is 29.2 Å². The van der Waals surface area contributed by atoms with E-state index in [1.54, 1.807) is 0 Å². The van der Waals surface area contributed by atoms with Gasteiger partial charge < -0.3 is 29.2 Å². The van der Waals surface area contributed by atoms with Gasteiger partial charge in [0.25, 0.3) is 0 Å². The molecule has 28 heavy (non-hydrogen) atoms. The molecule has 2 aliphatic heterocycles. The lowest BCUT2D eigenvalue weighted by atomic mass is 9.80. The van der Waals surface area contributed by atoms with E-state index in [2.05, 4.69) is 13.8 Å². The van der Waals surface area contributed by atoms with Crippen LogP contribution in [0.25, 0.3) is 0 Å². The van der Waals surface area contributed by atoms with Gasteiger partial charge in [-0.05, 0) is 12.8 Å².